The first-order chi connectivity index (χ1) is 11.6. The predicted octanol–water partition coefficient (Wildman–Crippen LogP) is 2.67. The van der Waals surface area contributed by atoms with E-state index in [2.05, 4.69) is 17.4 Å². The fraction of sp³-hybridized carbons (Fsp3) is 0.400. The molecular weight excluding hydrogens is 363 g/mol. The summed E-state index contributed by atoms with van der Waals surface area (Å²) in [4.78, 5) is 36.0. The minimum absolute atomic E-state index is 0.0539. The van der Waals surface area contributed by atoms with E-state index < -0.39 is 40.0 Å². The lowest BCUT2D eigenvalue weighted by atomic mass is 9.95. The molecule has 0 aromatic heterocycles. The molecule has 1 rings (SSSR count). The number of carbonyl (C=O) groups excluding carboxylic acids is 3. The van der Waals surface area contributed by atoms with Crippen LogP contribution < -0.4 is 5.32 Å². The summed E-state index contributed by atoms with van der Waals surface area (Å²) in [6, 6.07) is 3.48. The summed E-state index contributed by atoms with van der Waals surface area (Å²) >= 11 is 3.96. The fourth-order valence-corrected chi connectivity index (χ4v) is 2.11. The maximum absolute atomic E-state index is 12.9. The molecule has 1 aromatic rings. The van der Waals surface area contributed by atoms with Crippen LogP contribution in [0.2, 0.25) is 0 Å². The summed E-state index contributed by atoms with van der Waals surface area (Å²) in [5, 5.41) is 1.76. The van der Waals surface area contributed by atoms with Crippen LogP contribution in [0, 0.1) is 0 Å². The Morgan fingerprint density at radius 3 is 2.16 bits per heavy atom. The summed E-state index contributed by atoms with van der Waals surface area (Å²) in [6.07, 6.45) is -5.86. The van der Waals surface area contributed by atoms with Crippen LogP contribution in [0.4, 0.5) is 18.0 Å². The molecule has 0 aliphatic carbocycles. The second kappa shape index (κ2) is 8.24. The van der Waals surface area contributed by atoms with Gasteiger partial charge in [-0.3, -0.25) is 10.1 Å². The summed E-state index contributed by atoms with van der Waals surface area (Å²) in [5.41, 5.74) is -1.48. The summed E-state index contributed by atoms with van der Waals surface area (Å²) < 4.78 is 45.5. The summed E-state index contributed by atoms with van der Waals surface area (Å²) in [6.45, 7) is 2.73. The molecular formula is C15H16F3NO5S. The van der Waals surface area contributed by atoms with Crippen molar-refractivity contribution in [3.63, 3.8) is 0 Å². The number of hydrogen-bond donors (Lipinski definition) is 2. The Kier molecular flexibility index (Phi) is 6.86. The minimum atomic E-state index is -4.70. The topological polar surface area (TPSA) is 81.7 Å². The smallest absolute Gasteiger partial charge is 0.416 e. The quantitative estimate of drug-likeness (QED) is 0.467. The molecule has 1 N–H and O–H groups in total. The zero-order valence-electron chi connectivity index (χ0n) is 13.3. The molecule has 6 nitrogen and oxygen atoms in total. The second-order valence-electron chi connectivity index (χ2n) is 4.68. The molecule has 10 heteroatoms. The molecule has 0 saturated heterocycles. The average molecular weight is 379 g/mol. The van der Waals surface area contributed by atoms with Crippen LogP contribution in [-0.4, -0.2) is 31.2 Å². The average Bonchev–Trinajstić information content (AvgIpc) is 2.53. The van der Waals surface area contributed by atoms with Crippen molar-refractivity contribution in [2.45, 2.75) is 24.8 Å². The zero-order valence-corrected chi connectivity index (χ0v) is 14.2. The Balaban J connectivity index is 3.35. The Morgan fingerprint density at radius 2 is 1.64 bits per heavy atom. The number of imide groups is 1. The van der Waals surface area contributed by atoms with E-state index in [1.54, 1.807) is 5.32 Å². The normalized spacial score (nSPS) is 13.5. The van der Waals surface area contributed by atoms with Crippen molar-refractivity contribution in [3.05, 3.63) is 35.4 Å². The van der Waals surface area contributed by atoms with Crippen LogP contribution >= 0.6 is 12.6 Å². The van der Waals surface area contributed by atoms with Gasteiger partial charge >= 0.3 is 18.2 Å². The number of alkyl halides is 3. The standard InChI is InChI=1S/C15H16F3NO5S/c1-3-23-12(21)14(25,11(20)19-13(22)24-4-2)9-6-5-7-10(8-9)15(16,17)18/h5-8,25H,3-4H2,1-2H3,(H,19,20,22). The van der Waals surface area contributed by atoms with E-state index in [-0.39, 0.29) is 13.2 Å². The molecule has 25 heavy (non-hydrogen) atoms. The molecule has 2 amide bonds. The molecule has 0 saturated carbocycles. The predicted molar refractivity (Wildman–Crippen MR) is 83.9 cm³/mol. The molecule has 0 heterocycles. The van der Waals surface area contributed by atoms with Crippen LogP contribution in [0.15, 0.2) is 24.3 Å². The van der Waals surface area contributed by atoms with Crippen molar-refractivity contribution < 1.29 is 37.0 Å². The monoisotopic (exact) mass is 379 g/mol. The number of thiol groups is 1. The van der Waals surface area contributed by atoms with Crippen molar-refractivity contribution in [1.29, 1.82) is 0 Å². The van der Waals surface area contributed by atoms with Gasteiger partial charge < -0.3 is 9.47 Å². The molecule has 0 radical (unpaired) electrons. The number of ether oxygens (including phenoxy) is 2. The lowest BCUT2D eigenvalue weighted by molar-refractivity contribution is -0.150. The Morgan fingerprint density at radius 1 is 1.08 bits per heavy atom. The van der Waals surface area contributed by atoms with Gasteiger partial charge in [-0.15, -0.1) is 12.6 Å². The summed E-state index contributed by atoms with van der Waals surface area (Å²) in [5.74, 6) is -2.51. The van der Waals surface area contributed by atoms with Gasteiger partial charge in [-0.05, 0) is 31.5 Å². The van der Waals surface area contributed by atoms with Gasteiger partial charge in [-0.2, -0.15) is 13.2 Å². The van der Waals surface area contributed by atoms with E-state index in [4.69, 9.17) is 4.74 Å². The minimum Gasteiger partial charge on any atom is -0.464 e. The first-order valence-corrected chi connectivity index (χ1v) is 7.57. The van der Waals surface area contributed by atoms with Gasteiger partial charge in [0.05, 0.1) is 18.8 Å². The first-order valence-electron chi connectivity index (χ1n) is 7.12. The largest absolute Gasteiger partial charge is 0.464 e. The van der Waals surface area contributed by atoms with Gasteiger partial charge in [0.1, 0.15) is 0 Å². The number of amides is 2. The van der Waals surface area contributed by atoms with Crippen molar-refractivity contribution in [2.75, 3.05) is 13.2 Å². The maximum atomic E-state index is 12.9. The van der Waals surface area contributed by atoms with Gasteiger partial charge in [-0.1, -0.05) is 12.1 Å². The zero-order chi connectivity index (χ0) is 19.3. The molecule has 1 unspecified atom stereocenters. The van der Waals surface area contributed by atoms with E-state index in [9.17, 15) is 27.6 Å². The molecule has 138 valence electrons. The lowest BCUT2D eigenvalue weighted by Crippen LogP contribution is -2.49. The number of nitrogens with one attached hydrogen (secondary N) is 1. The first kappa shape index (κ1) is 20.8. The van der Waals surface area contributed by atoms with Gasteiger partial charge in [0.25, 0.3) is 5.91 Å². The molecule has 0 bridgehead atoms. The van der Waals surface area contributed by atoms with Crippen LogP contribution in [0.3, 0.4) is 0 Å². The number of hydrogen-bond acceptors (Lipinski definition) is 6. The highest BCUT2D eigenvalue weighted by Gasteiger charge is 2.47. The highest BCUT2D eigenvalue weighted by molar-refractivity contribution is 7.83. The number of rotatable bonds is 5. The van der Waals surface area contributed by atoms with Crippen LogP contribution in [0.25, 0.3) is 0 Å². The van der Waals surface area contributed by atoms with Crippen molar-refractivity contribution in [1.82, 2.24) is 5.32 Å². The van der Waals surface area contributed by atoms with Crippen LogP contribution in [-0.2, 0) is 30.0 Å². The maximum Gasteiger partial charge on any atom is 0.416 e. The number of halogens is 3. The van der Waals surface area contributed by atoms with Crippen molar-refractivity contribution in [2.24, 2.45) is 0 Å². The number of carbonyl (C=O) groups is 3. The van der Waals surface area contributed by atoms with E-state index in [1.807, 2.05) is 0 Å². The highest BCUT2D eigenvalue weighted by atomic mass is 32.1. The number of benzene rings is 1. The van der Waals surface area contributed by atoms with Gasteiger partial charge in [0.2, 0.25) is 4.75 Å². The Hall–Kier alpha value is -2.23. The summed E-state index contributed by atoms with van der Waals surface area (Å²) in [7, 11) is 0. The van der Waals surface area contributed by atoms with Gasteiger partial charge in [0, 0.05) is 0 Å². The highest BCUT2D eigenvalue weighted by Crippen LogP contribution is 2.36. The lowest BCUT2D eigenvalue weighted by Gasteiger charge is -2.25. The van der Waals surface area contributed by atoms with E-state index >= 15 is 0 Å². The SMILES string of the molecule is CCOC(=O)NC(=O)C(S)(C(=O)OCC)c1cccc(C(F)(F)F)c1. The molecule has 1 atom stereocenters. The number of esters is 1. The van der Waals surface area contributed by atoms with Gasteiger partial charge in [0.15, 0.2) is 0 Å². The van der Waals surface area contributed by atoms with Gasteiger partial charge in [-0.25, -0.2) is 9.59 Å². The fourth-order valence-electron chi connectivity index (χ4n) is 1.85. The second-order valence-corrected chi connectivity index (χ2v) is 5.35. The molecule has 0 aliphatic heterocycles. The number of alkyl carbamates (subject to hydrolysis) is 1. The Labute approximate surface area is 147 Å². The van der Waals surface area contributed by atoms with Crippen molar-refractivity contribution >= 4 is 30.6 Å². The molecule has 0 spiro atoms. The third-order valence-electron chi connectivity index (χ3n) is 3.00. The van der Waals surface area contributed by atoms with Crippen LogP contribution in [0.1, 0.15) is 25.0 Å². The van der Waals surface area contributed by atoms with Crippen molar-refractivity contribution in [3.8, 4) is 0 Å². The molecule has 0 fully saturated rings. The van der Waals surface area contributed by atoms with E-state index in [0.717, 1.165) is 18.2 Å². The molecule has 1 aromatic carbocycles. The molecule has 0 aliphatic rings. The Bertz CT molecular complexity index is 665. The third-order valence-corrected chi connectivity index (χ3v) is 3.64. The van der Waals surface area contributed by atoms with E-state index in [1.165, 1.54) is 13.8 Å². The van der Waals surface area contributed by atoms with E-state index in [0.29, 0.717) is 6.07 Å². The van der Waals surface area contributed by atoms with Crippen LogP contribution in [0.5, 0.6) is 0 Å². The third kappa shape index (κ3) is 4.88.